The number of anilines is 1. The predicted molar refractivity (Wildman–Crippen MR) is 118 cm³/mol. The zero-order valence-corrected chi connectivity index (χ0v) is 17.8. The average Bonchev–Trinajstić information content (AvgIpc) is 3.09. The van der Waals surface area contributed by atoms with E-state index in [1.165, 1.54) is 51.1 Å². The molecule has 0 radical (unpaired) electrons. The fourth-order valence-electron chi connectivity index (χ4n) is 3.62. The van der Waals surface area contributed by atoms with Gasteiger partial charge in [0.05, 0.1) is 18.0 Å². The van der Waals surface area contributed by atoms with E-state index < -0.39 is 0 Å². The van der Waals surface area contributed by atoms with Gasteiger partial charge in [0.2, 0.25) is 0 Å². The summed E-state index contributed by atoms with van der Waals surface area (Å²) in [6.45, 7) is 6.73. The van der Waals surface area contributed by atoms with Gasteiger partial charge in [0, 0.05) is 0 Å². The van der Waals surface area contributed by atoms with Crippen molar-refractivity contribution >= 4 is 28.2 Å². The van der Waals surface area contributed by atoms with Gasteiger partial charge in [-0.05, 0) is 61.0 Å². The van der Waals surface area contributed by atoms with Gasteiger partial charge in [-0.1, -0.05) is 66.7 Å². The number of rotatable bonds is 5. The van der Waals surface area contributed by atoms with Crippen LogP contribution >= 0.6 is 23.1 Å². The third kappa shape index (κ3) is 3.92. The minimum atomic E-state index is 1.07. The summed E-state index contributed by atoms with van der Waals surface area (Å²) in [6.07, 6.45) is 3.94. The van der Waals surface area contributed by atoms with E-state index in [1.807, 2.05) is 23.1 Å². The second-order valence-electron chi connectivity index (χ2n) is 7.04. The summed E-state index contributed by atoms with van der Waals surface area (Å²) in [4.78, 5) is 3.99. The van der Waals surface area contributed by atoms with Gasteiger partial charge in [0.1, 0.15) is 5.69 Å². The Morgan fingerprint density at radius 2 is 1.67 bits per heavy atom. The molecule has 3 aromatic rings. The van der Waals surface area contributed by atoms with Crippen LogP contribution in [0.2, 0.25) is 0 Å². The van der Waals surface area contributed by atoms with Crippen molar-refractivity contribution in [2.24, 2.45) is 0 Å². The molecule has 0 saturated carbocycles. The van der Waals surface area contributed by atoms with Gasteiger partial charge in [-0.15, -0.1) is 0 Å². The zero-order valence-electron chi connectivity index (χ0n) is 16.1. The predicted octanol–water partition coefficient (Wildman–Crippen LogP) is 6.10. The Labute approximate surface area is 170 Å². The highest BCUT2D eigenvalue weighted by atomic mass is 32.2. The maximum Gasteiger partial charge on any atom is 0.342 e. The summed E-state index contributed by atoms with van der Waals surface area (Å²) in [6, 6.07) is 19.9. The molecule has 1 saturated heterocycles. The quantitative estimate of drug-likeness (QED) is 0.380. The van der Waals surface area contributed by atoms with E-state index in [0.717, 1.165) is 18.8 Å². The molecule has 4 rings (SSSR count). The molecule has 2 nitrogen and oxygen atoms in total. The van der Waals surface area contributed by atoms with Crippen molar-refractivity contribution in [3.8, 4) is 16.1 Å². The first-order valence-corrected chi connectivity index (χ1v) is 11.7. The Hall–Kier alpha value is -1.78. The van der Waals surface area contributed by atoms with Crippen LogP contribution in [0.15, 0.2) is 59.6 Å². The number of nitrogens with zero attached hydrogens (tertiary/aromatic N) is 2. The molecule has 0 N–H and O–H groups in total. The summed E-state index contributed by atoms with van der Waals surface area (Å²) in [7, 11) is 0. The third-order valence-corrected chi connectivity index (χ3v) is 7.35. The van der Waals surface area contributed by atoms with Crippen LogP contribution in [0.25, 0.3) is 16.1 Å². The van der Waals surface area contributed by atoms with E-state index in [-0.39, 0.29) is 0 Å². The Bertz CT molecular complexity index is 879. The fourth-order valence-corrected chi connectivity index (χ4v) is 6.04. The number of thiazole rings is 1. The molecule has 140 valence electrons. The van der Waals surface area contributed by atoms with Gasteiger partial charge in [-0.3, -0.25) is 4.90 Å². The van der Waals surface area contributed by atoms with Crippen LogP contribution in [-0.2, 0) is 0 Å². The molecule has 4 heteroatoms. The van der Waals surface area contributed by atoms with Crippen molar-refractivity contribution in [3.05, 3.63) is 60.2 Å². The number of hydrogen-bond acceptors (Lipinski definition) is 3. The molecule has 0 unspecified atom stereocenters. The van der Waals surface area contributed by atoms with E-state index in [1.54, 1.807) is 0 Å². The number of thioether (sulfide) groups is 1. The first-order chi connectivity index (χ1) is 13.3. The topological polar surface area (TPSA) is 7.12 Å². The molecule has 2 heterocycles. The molecule has 0 atom stereocenters. The van der Waals surface area contributed by atoms with Crippen LogP contribution < -0.4 is 9.47 Å². The van der Waals surface area contributed by atoms with Crippen LogP contribution in [0.3, 0.4) is 0 Å². The minimum absolute atomic E-state index is 1.07. The van der Waals surface area contributed by atoms with Gasteiger partial charge >= 0.3 is 5.13 Å². The van der Waals surface area contributed by atoms with E-state index >= 15 is 0 Å². The highest BCUT2D eigenvalue weighted by molar-refractivity contribution is 7.99. The molecular weight excluding hydrogens is 368 g/mol. The van der Waals surface area contributed by atoms with Gasteiger partial charge in [0.15, 0.2) is 5.03 Å². The highest BCUT2D eigenvalue weighted by Crippen LogP contribution is 2.40. The molecule has 1 aliphatic rings. The second kappa shape index (κ2) is 8.49. The van der Waals surface area contributed by atoms with Crippen molar-refractivity contribution in [1.29, 1.82) is 0 Å². The maximum absolute atomic E-state index is 2.60. The molecule has 0 spiro atoms. The number of aryl methyl sites for hydroxylation is 1. The SMILES string of the molecule is CCSc1c(-c2ccc(C)cc2)sc(N2CCCCC2)[n+]1-c1ccccc1. The number of para-hydroxylation sites is 1. The lowest BCUT2D eigenvalue weighted by Gasteiger charge is -2.21. The van der Waals surface area contributed by atoms with Gasteiger partial charge < -0.3 is 0 Å². The summed E-state index contributed by atoms with van der Waals surface area (Å²) in [5, 5.41) is 2.76. The first kappa shape index (κ1) is 18.6. The van der Waals surface area contributed by atoms with Crippen LogP contribution in [0.4, 0.5) is 5.13 Å². The molecule has 1 aromatic heterocycles. The lowest BCUT2D eigenvalue weighted by Crippen LogP contribution is -2.41. The standard InChI is InChI=1S/C23H27N2S2/c1-3-26-22-21(19-14-12-18(2)13-15-19)27-23(24-16-8-5-9-17-24)25(22)20-10-6-4-7-11-20/h4,6-7,10-15H,3,5,8-9,16-17H2,1-2H3/q+1. The van der Waals surface area contributed by atoms with Gasteiger partial charge in [-0.25, -0.2) is 0 Å². The largest absolute Gasteiger partial charge is 0.342 e. The first-order valence-electron chi connectivity index (χ1n) is 9.87. The fraction of sp³-hybridized carbons (Fsp3) is 0.348. The minimum Gasteiger partial charge on any atom is -0.252 e. The van der Waals surface area contributed by atoms with Crippen molar-refractivity contribution in [1.82, 2.24) is 0 Å². The Kier molecular flexibility index (Phi) is 5.84. The van der Waals surface area contributed by atoms with E-state index in [9.17, 15) is 0 Å². The monoisotopic (exact) mass is 395 g/mol. The molecule has 1 fully saturated rings. The van der Waals surface area contributed by atoms with E-state index in [0.29, 0.717) is 0 Å². The Morgan fingerprint density at radius 1 is 0.963 bits per heavy atom. The summed E-state index contributed by atoms with van der Waals surface area (Å²) < 4.78 is 2.50. The average molecular weight is 396 g/mol. The van der Waals surface area contributed by atoms with Gasteiger partial charge in [0.25, 0.3) is 0 Å². The molecule has 0 aliphatic carbocycles. The van der Waals surface area contributed by atoms with Crippen molar-refractivity contribution in [3.63, 3.8) is 0 Å². The zero-order chi connectivity index (χ0) is 18.6. The van der Waals surface area contributed by atoms with E-state index in [2.05, 4.69) is 77.9 Å². The normalized spacial score (nSPS) is 14.5. The van der Waals surface area contributed by atoms with E-state index in [4.69, 9.17) is 0 Å². The van der Waals surface area contributed by atoms with Crippen molar-refractivity contribution in [2.45, 2.75) is 38.1 Å². The molecular formula is C23H27N2S2+. The number of aromatic nitrogens is 1. The number of hydrogen-bond donors (Lipinski definition) is 0. The second-order valence-corrected chi connectivity index (χ2v) is 9.27. The number of piperidine rings is 1. The molecule has 2 aromatic carbocycles. The Balaban J connectivity index is 1.91. The molecule has 0 bridgehead atoms. The lowest BCUT2D eigenvalue weighted by molar-refractivity contribution is -0.617. The Morgan fingerprint density at radius 3 is 2.33 bits per heavy atom. The summed E-state index contributed by atoms with van der Waals surface area (Å²) in [5.74, 6) is 1.07. The molecule has 0 amide bonds. The smallest absolute Gasteiger partial charge is 0.252 e. The van der Waals surface area contributed by atoms with Crippen molar-refractivity contribution < 1.29 is 4.57 Å². The highest BCUT2D eigenvalue weighted by Gasteiger charge is 2.31. The van der Waals surface area contributed by atoms with Crippen LogP contribution in [-0.4, -0.2) is 18.8 Å². The van der Waals surface area contributed by atoms with Crippen LogP contribution in [0, 0.1) is 6.92 Å². The van der Waals surface area contributed by atoms with Crippen LogP contribution in [0.1, 0.15) is 31.7 Å². The molecule has 27 heavy (non-hydrogen) atoms. The van der Waals surface area contributed by atoms with Gasteiger partial charge in [-0.2, -0.15) is 4.57 Å². The van der Waals surface area contributed by atoms with Crippen LogP contribution in [0.5, 0.6) is 0 Å². The lowest BCUT2D eigenvalue weighted by atomic mass is 10.1. The summed E-state index contributed by atoms with van der Waals surface area (Å²) >= 11 is 3.91. The molecule has 1 aliphatic heterocycles. The number of benzene rings is 2. The maximum atomic E-state index is 2.60. The van der Waals surface area contributed by atoms with Crippen molar-refractivity contribution in [2.75, 3.05) is 23.7 Å². The third-order valence-electron chi connectivity index (χ3n) is 5.02. The summed E-state index contributed by atoms with van der Waals surface area (Å²) in [5.41, 5.74) is 3.91.